The molecule has 0 saturated heterocycles. The normalized spacial score (nSPS) is 14.4. The molecule has 0 saturated carbocycles. The van der Waals surface area contributed by atoms with Crippen LogP contribution in [-0.2, 0) is 12.0 Å². The van der Waals surface area contributed by atoms with Crippen LogP contribution >= 0.6 is 0 Å². The fourth-order valence-electron chi connectivity index (χ4n) is 2.04. The van der Waals surface area contributed by atoms with Gasteiger partial charge in [-0.15, -0.1) is 0 Å². The van der Waals surface area contributed by atoms with Gasteiger partial charge in [0.15, 0.2) is 0 Å². The number of hydrogen-bond donors (Lipinski definition) is 1. The molecule has 1 unspecified atom stereocenters. The summed E-state index contributed by atoms with van der Waals surface area (Å²) in [6.45, 7) is 5.83. The molecule has 0 spiro atoms. The Morgan fingerprint density at radius 2 is 1.72 bits per heavy atom. The zero-order valence-corrected chi connectivity index (χ0v) is 11.2. The maximum Gasteiger partial charge on any atom is 0.104 e. The molecule has 0 aliphatic rings. The van der Waals surface area contributed by atoms with E-state index in [0.29, 0.717) is 6.42 Å². The van der Waals surface area contributed by atoms with E-state index in [9.17, 15) is 5.11 Å². The summed E-state index contributed by atoms with van der Waals surface area (Å²) < 4.78 is 5.52. The van der Waals surface area contributed by atoms with Crippen molar-refractivity contribution in [3.05, 3.63) is 59.0 Å². The van der Waals surface area contributed by atoms with Crippen LogP contribution < -0.4 is 0 Å². The fourth-order valence-corrected chi connectivity index (χ4v) is 2.04. The van der Waals surface area contributed by atoms with Gasteiger partial charge in [-0.3, -0.25) is 0 Å². The summed E-state index contributed by atoms with van der Waals surface area (Å²) in [5.41, 5.74) is 1.35. The predicted octanol–water partition coefficient (Wildman–Crippen LogP) is 3.74. The minimum Gasteiger partial charge on any atom is -0.466 e. The number of aliphatic hydroxyl groups is 1. The molecule has 2 heteroatoms. The molecule has 2 aromatic rings. The maximum absolute atomic E-state index is 10.5. The number of hydrogen-bond acceptors (Lipinski definition) is 2. The van der Waals surface area contributed by atoms with E-state index in [-0.39, 0.29) is 0 Å². The van der Waals surface area contributed by atoms with Crippen molar-refractivity contribution in [1.82, 2.24) is 0 Å². The summed E-state index contributed by atoms with van der Waals surface area (Å²) in [5, 5.41) is 10.5. The van der Waals surface area contributed by atoms with Crippen LogP contribution in [0, 0.1) is 13.8 Å². The van der Waals surface area contributed by atoms with Gasteiger partial charge < -0.3 is 9.52 Å². The van der Waals surface area contributed by atoms with E-state index in [1.807, 2.05) is 57.2 Å². The van der Waals surface area contributed by atoms with Crippen LogP contribution in [0.3, 0.4) is 0 Å². The minimum atomic E-state index is -0.811. The Kier molecular flexibility index (Phi) is 3.58. The quantitative estimate of drug-likeness (QED) is 0.888. The van der Waals surface area contributed by atoms with Gasteiger partial charge in [-0.05, 0) is 44.9 Å². The number of aryl methyl sites for hydroxylation is 3. The number of furan rings is 1. The molecule has 0 amide bonds. The Hall–Kier alpha value is -1.54. The van der Waals surface area contributed by atoms with Crippen LogP contribution in [0.5, 0.6) is 0 Å². The Morgan fingerprint density at radius 3 is 2.28 bits per heavy atom. The molecule has 1 atom stereocenters. The van der Waals surface area contributed by atoms with Crippen molar-refractivity contribution in [2.75, 3.05) is 0 Å². The second-order valence-corrected chi connectivity index (χ2v) is 5.15. The van der Waals surface area contributed by atoms with Gasteiger partial charge in [-0.25, -0.2) is 0 Å². The summed E-state index contributed by atoms with van der Waals surface area (Å²) in [4.78, 5) is 0. The van der Waals surface area contributed by atoms with E-state index in [0.717, 1.165) is 23.5 Å². The largest absolute Gasteiger partial charge is 0.466 e. The van der Waals surface area contributed by atoms with Gasteiger partial charge in [0.05, 0.1) is 5.60 Å². The molecular weight excluding hydrogens is 224 g/mol. The van der Waals surface area contributed by atoms with E-state index < -0.39 is 5.60 Å². The van der Waals surface area contributed by atoms with Gasteiger partial charge in [-0.1, -0.05) is 29.8 Å². The topological polar surface area (TPSA) is 33.4 Å². The molecular formula is C16H20O2. The molecule has 2 rings (SSSR count). The Bertz CT molecular complexity index is 506. The summed E-state index contributed by atoms with van der Waals surface area (Å²) in [6.07, 6.45) is 1.40. The molecule has 2 nitrogen and oxygen atoms in total. The average molecular weight is 244 g/mol. The SMILES string of the molecule is Cc1ccc(C(C)(O)CCc2ccc(C)o2)cc1. The molecule has 1 heterocycles. The standard InChI is InChI=1S/C16H20O2/c1-12-4-7-14(8-5-12)16(3,17)11-10-15-9-6-13(2)18-15/h4-9,17H,10-11H2,1-3H3. The third-order valence-electron chi connectivity index (χ3n) is 3.33. The first-order valence-electron chi connectivity index (χ1n) is 6.32. The van der Waals surface area contributed by atoms with Crippen LogP contribution in [0.4, 0.5) is 0 Å². The summed E-state index contributed by atoms with van der Waals surface area (Å²) in [6, 6.07) is 12.0. The number of benzene rings is 1. The van der Waals surface area contributed by atoms with Crippen LogP contribution in [0.25, 0.3) is 0 Å². The number of rotatable bonds is 4. The molecule has 1 N–H and O–H groups in total. The van der Waals surface area contributed by atoms with Crippen LogP contribution in [0.15, 0.2) is 40.8 Å². The highest BCUT2D eigenvalue weighted by Crippen LogP contribution is 2.26. The Balaban J connectivity index is 2.04. The first kappa shape index (κ1) is 12.9. The Morgan fingerprint density at radius 1 is 1.06 bits per heavy atom. The molecule has 0 aliphatic carbocycles. The average Bonchev–Trinajstić information content (AvgIpc) is 2.73. The van der Waals surface area contributed by atoms with Gasteiger partial charge in [0, 0.05) is 6.42 Å². The summed E-state index contributed by atoms with van der Waals surface area (Å²) >= 11 is 0. The fraction of sp³-hybridized carbons (Fsp3) is 0.375. The smallest absolute Gasteiger partial charge is 0.104 e. The van der Waals surface area contributed by atoms with Crippen molar-refractivity contribution < 1.29 is 9.52 Å². The van der Waals surface area contributed by atoms with Crippen molar-refractivity contribution >= 4 is 0 Å². The van der Waals surface area contributed by atoms with Gasteiger partial charge in [0.1, 0.15) is 11.5 Å². The monoisotopic (exact) mass is 244 g/mol. The maximum atomic E-state index is 10.5. The first-order valence-corrected chi connectivity index (χ1v) is 6.32. The third kappa shape index (κ3) is 3.02. The second kappa shape index (κ2) is 4.99. The highest BCUT2D eigenvalue weighted by molar-refractivity contribution is 5.26. The molecule has 0 aliphatic heterocycles. The lowest BCUT2D eigenvalue weighted by Crippen LogP contribution is -2.21. The zero-order valence-electron chi connectivity index (χ0n) is 11.2. The van der Waals surface area contributed by atoms with Crippen LogP contribution in [0.2, 0.25) is 0 Å². The lowest BCUT2D eigenvalue weighted by Gasteiger charge is -2.23. The summed E-state index contributed by atoms with van der Waals surface area (Å²) in [5.74, 6) is 1.85. The molecule has 1 aromatic heterocycles. The van der Waals surface area contributed by atoms with E-state index in [4.69, 9.17) is 4.42 Å². The van der Waals surface area contributed by atoms with Gasteiger partial charge in [0.25, 0.3) is 0 Å². The predicted molar refractivity (Wildman–Crippen MR) is 72.5 cm³/mol. The molecule has 96 valence electrons. The minimum absolute atomic E-state index is 0.656. The van der Waals surface area contributed by atoms with Gasteiger partial charge in [-0.2, -0.15) is 0 Å². The molecule has 0 fully saturated rings. The van der Waals surface area contributed by atoms with Crippen molar-refractivity contribution in [1.29, 1.82) is 0 Å². The van der Waals surface area contributed by atoms with E-state index in [1.165, 1.54) is 5.56 Å². The van der Waals surface area contributed by atoms with Crippen molar-refractivity contribution in [2.45, 2.75) is 39.2 Å². The lowest BCUT2D eigenvalue weighted by atomic mass is 9.90. The summed E-state index contributed by atoms with van der Waals surface area (Å²) in [7, 11) is 0. The highest BCUT2D eigenvalue weighted by atomic mass is 16.3. The lowest BCUT2D eigenvalue weighted by molar-refractivity contribution is 0.0465. The molecule has 0 radical (unpaired) electrons. The van der Waals surface area contributed by atoms with Crippen molar-refractivity contribution in [2.24, 2.45) is 0 Å². The van der Waals surface area contributed by atoms with E-state index in [2.05, 4.69) is 0 Å². The molecule has 18 heavy (non-hydrogen) atoms. The van der Waals surface area contributed by atoms with Crippen LogP contribution in [-0.4, -0.2) is 5.11 Å². The third-order valence-corrected chi connectivity index (χ3v) is 3.33. The Labute approximate surface area is 108 Å². The first-order chi connectivity index (χ1) is 8.47. The van der Waals surface area contributed by atoms with E-state index >= 15 is 0 Å². The second-order valence-electron chi connectivity index (χ2n) is 5.15. The molecule has 0 bridgehead atoms. The van der Waals surface area contributed by atoms with Crippen molar-refractivity contribution in [3.63, 3.8) is 0 Å². The van der Waals surface area contributed by atoms with Crippen LogP contribution in [0.1, 0.15) is 36.0 Å². The molecule has 1 aromatic carbocycles. The van der Waals surface area contributed by atoms with Crippen molar-refractivity contribution in [3.8, 4) is 0 Å². The highest BCUT2D eigenvalue weighted by Gasteiger charge is 2.23. The zero-order chi connectivity index (χ0) is 13.2. The van der Waals surface area contributed by atoms with E-state index in [1.54, 1.807) is 0 Å². The van der Waals surface area contributed by atoms with Gasteiger partial charge >= 0.3 is 0 Å². The van der Waals surface area contributed by atoms with Gasteiger partial charge in [0.2, 0.25) is 0 Å².